The highest BCUT2D eigenvalue weighted by Gasteiger charge is 2.27. The number of nitro benzene ring substituents is 1. The van der Waals surface area contributed by atoms with Gasteiger partial charge in [0.2, 0.25) is 0 Å². The van der Waals surface area contributed by atoms with Crippen LogP contribution < -0.4 is 4.90 Å². The number of hydrogen-bond donors (Lipinski definition) is 1. The Balaban J connectivity index is 3.14. The Hall–Kier alpha value is -2.48. The first kappa shape index (κ1) is 14.6. The van der Waals surface area contributed by atoms with Gasteiger partial charge in [0.15, 0.2) is 0 Å². The average Bonchev–Trinajstić information content (AvgIpc) is 2.39. The van der Waals surface area contributed by atoms with Gasteiger partial charge in [-0.3, -0.25) is 14.9 Å². The van der Waals surface area contributed by atoms with Crippen molar-refractivity contribution in [1.82, 2.24) is 0 Å². The fraction of sp³-hybridized carbons (Fsp3) is 0.273. The maximum absolute atomic E-state index is 11.7. The molecular formula is C11H12N2O6. The summed E-state index contributed by atoms with van der Waals surface area (Å²) in [7, 11) is 1.08. The van der Waals surface area contributed by atoms with Gasteiger partial charge >= 0.3 is 6.09 Å². The topological polar surface area (TPSA) is 110 Å². The van der Waals surface area contributed by atoms with Gasteiger partial charge in [0.25, 0.3) is 11.6 Å². The number of benzene rings is 1. The largest absolute Gasteiger partial charge is 0.452 e. The highest BCUT2D eigenvalue weighted by molar-refractivity contribution is 6.13. The van der Waals surface area contributed by atoms with Gasteiger partial charge < -0.3 is 9.84 Å². The second kappa shape index (κ2) is 5.91. The lowest BCUT2D eigenvalue weighted by Gasteiger charge is -2.20. The van der Waals surface area contributed by atoms with E-state index in [9.17, 15) is 24.8 Å². The van der Waals surface area contributed by atoms with Crippen LogP contribution in [-0.2, 0) is 9.53 Å². The molecule has 0 fully saturated rings. The molecule has 0 saturated carbocycles. The molecule has 1 N–H and O–H groups in total. The zero-order chi connectivity index (χ0) is 14.6. The minimum Gasteiger partial charge on any atom is -0.452 e. The Morgan fingerprint density at radius 1 is 1.37 bits per heavy atom. The summed E-state index contributed by atoms with van der Waals surface area (Å²) in [6.07, 6.45) is -2.39. The monoisotopic (exact) mass is 268 g/mol. The van der Waals surface area contributed by atoms with E-state index in [1.165, 1.54) is 19.1 Å². The van der Waals surface area contributed by atoms with Crippen molar-refractivity contribution in [2.45, 2.75) is 13.0 Å². The molecular weight excluding hydrogens is 256 g/mol. The van der Waals surface area contributed by atoms with Gasteiger partial charge in [-0.05, 0) is 19.1 Å². The van der Waals surface area contributed by atoms with Gasteiger partial charge in [0.05, 0.1) is 17.7 Å². The summed E-state index contributed by atoms with van der Waals surface area (Å²) >= 11 is 0. The molecule has 2 amide bonds. The van der Waals surface area contributed by atoms with Crippen LogP contribution in [0.1, 0.15) is 6.92 Å². The Morgan fingerprint density at radius 2 is 1.89 bits per heavy atom. The molecule has 102 valence electrons. The summed E-state index contributed by atoms with van der Waals surface area (Å²) < 4.78 is 4.44. The molecule has 0 bridgehead atoms. The fourth-order valence-corrected chi connectivity index (χ4v) is 1.32. The Labute approximate surface area is 108 Å². The number of aliphatic hydroxyl groups is 1. The summed E-state index contributed by atoms with van der Waals surface area (Å²) in [5.41, 5.74) is -0.110. The van der Waals surface area contributed by atoms with Gasteiger partial charge in [0, 0.05) is 12.1 Å². The standard InChI is InChI=1S/C11H12N2O6/c1-7(14)10(15)12(11(16)19-2)8-3-5-9(6-4-8)13(17)18/h3-7,14H,1-2H3/t7-/m0/s1. The first-order valence-corrected chi connectivity index (χ1v) is 5.23. The number of rotatable bonds is 3. The van der Waals surface area contributed by atoms with E-state index in [0.29, 0.717) is 4.90 Å². The van der Waals surface area contributed by atoms with E-state index in [0.717, 1.165) is 19.2 Å². The molecule has 0 aliphatic carbocycles. The number of carbonyl (C=O) groups is 2. The van der Waals surface area contributed by atoms with Crippen molar-refractivity contribution < 1.29 is 24.4 Å². The van der Waals surface area contributed by atoms with E-state index in [1.807, 2.05) is 0 Å². The summed E-state index contributed by atoms with van der Waals surface area (Å²) in [6.45, 7) is 1.20. The predicted molar refractivity (Wildman–Crippen MR) is 64.7 cm³/mol. The number of anilines is 1. The van der Waals surface area contributed by atoms with E-state index in [1.54, 1.807) is 0 Å². The van der Waals surface area contributed by atoms with Crippen LogP contribution in [0.5, 0.6) is 0 Å². The molecule has 0 unspecified atom stereocenters. The molecule has 0 saturated heterocycles. The van der Waals surface area contributed by atoms with Crippen molar-refractivity contribution >= 4 is 23.4 Å². The summed E-state index contributed by atoms with van der Waals surface area (Å²) in [6, 6.07) is 4.71. The van der Waals surface area contributed by atoms with Crippen molar-refractivity contribution in [3.63, 3.8) is 0 Å². The maximum Gasteiger partial charge on any atom is 0.421 e. The third-order valence-electron chi connectivity index (χ3n) is 2.25. The second-order valence-electron chi connectivity index (χ2n) is 3.59. The molecule has 0 aliphatic heterocycles. The van der Waals surface area contributed by atoms with Crippen LogP contribution in [0.3, 0.4) is 0 Å². The van der Waals surface area contributed by atoms with Crippen molar-refractivity contribution in [3.05, 3.63) is 34.4 Å². The van der Waals surface area contributed by atoms with E-state index in [4.69, 9.17) is 0 Å². The summed E-state index contributed by atoms with van der Waals surface area (Å²) in [4.78, 5) is 33.7. The molecule has 0 aliphatic rings. The number of carbonyl (C=O) groups excluding carboxylic acids is 2. The number of nitrogens with zero attached hydrogens (tertiary/aromatic N) is 2. The highest BCUT2D eigenvalue weighted by atomic mass is 16.6. The predicted octanol–water partition coefficient (Wildman–Crippen LogP) is 1.07. The highest BCUT2D eigenvalue weighted by Crippen LogP contribution is 2.20. The first-order chi connectivity index (χ1) is 8.88. The zero-order valence-corrected chi connectivity index (χ0v) is 10.3. The number of amides is 2. The second-order valence-corrected chi connectivity index (χ2v) is 3.59. The van der Waals surface area contributed by atoms with Crippen LogP contribution >= 0.6 is 0 Å². The number of methoxy groups -OCH3 is 1. The zero-order valence-electron chi connectivity index (χ0n) is 10.3. The van der Waals surface area contributed by atoms with Gasteiger partial charge in [-0.2, -0.15) is 0 Å². The number of imide groups is 1. The van der Waals surface area contributed by atoms with Crippen LogP contribution in [0, 0.1) is 10.1 Å². The minimum atomic E-state index is -1.41. The lowest BCUT2D eigenvalue weighted by molar-refractivity contribution is -0.384. The Morgan fingerprint density at radius 3 is 2.26 bits per heavy atom. The van der Waals surface area contributed by atoms with Crippen LogP contribution in [0.15, 0.2) is 24.3 Å². The van der Waals surface area contributed by atoms with Crippen molar-refractivity contribution in [2.24, 2.45) is 0 Å². The van der Waals surface area contributed by atoms with Gasteiger partial charge in [-0.15, -0.1) is 0 Å². The van der Waals surface area contributed by atoms with Crippen molar-refractivity contribution in [1.29, 1.82) is 0 Å². The molecule has 1 rings (SSSR count). The number of nitro groups is 1. The van der Waals surface area contributed by atoms with E-state index < -0.39 is 23.0 Å². The lowest BCUT2D eigenvalue weighted by Crippen LogP contribution is -2.42. The molecule has 0 aromatic heterocycles. The lowest BCUT2D eigenvalue weighted by atomic mass is 10.2. The Bertz CT molecular complexity index is 496. The van der Waals surface area contributed by atoms with Crippen LogP contribution in [-0.4, -0.2) is 35.2 Å². The van der Waals surface area contributed by atoms with Crippen molar-refractivity contribution in [3.8, 4) is 0 Å². The minimum absolute atomic E-state index is 0.0725. The van der Waals surface area contributed by atoms with Gasteiger partial charge in [0.1, 0.15) is 6.10 Å². The normalized spacial score (nSPS) is 11.5. The molecule has 0 spiro atoms. The van der Waals surface area contributed by atoms with Crippen LogP contribution in [0.4, 0.5) is 16.2 Å². The summed E-state index contributed by atoms with van der Waals surface area (Å²) in [5.74, 6) is -0.888. The SMILES string of the molecule is COC(=O)N(C(=O)[C@H](C)O)c1ccc([N+](=O)[O-])cc1. The van der Waals surface area contributed by atoms with Crippen LogP contribution in [0.25, 0.3) is 0 Å². The number of aliphatic hydroxyl groups excluding tert-OH is 1. The molecule has 8 nitrogen and oxygen atoms in total. The number of hydrogen-bond acceptors (Lipinski definition) is 6. The Kier molecular flexibility index (Phi) is 4.54. The first-order valence-electron chi connectivity index (χ1n) is 5.23. The molecule has 19 heavy (non-hydrogen) atoms. The smallest absolute Gasteiger partial charge is 0.421 e. The quantitative estimate of drug-likeness (QED) is 0.648. The molecule has 1 atom stereocenters. The molecule has 1 aromatic rings. The third kappa shape index (κ3) is 3.26. The molecule has 1 aromatic carbocycles. The average molecular weight is 268 g/mol. The number of non-ortho nitro benzene ring substituents is 1. The third-order valence-corrected chi connectivity index (χ3v) is 2.25. The fourth-order valence-electron chi connectivity index (χ4n) is 1.32. The summed E-state index contributed by atoms with van der Waals surface area (Å²) in [5, 5.41) is 19.7. The van der Waals surface area contributed by atoms with E-state index in [-0.39, 0.29) is 11.4 Å². The molecule has 8 heteroatoms. The molecule has 0 heterocycles. The maximum atomic E-state index is 11.7. The van der Waals surface area contributed by atoms with Gasteiger partial charge in [-0.25, -0.2) is 9.69 Å². The van der Waals surface area contributed by atoms with Crippen molar-refractivity contribution in [2.75, 3.05) is 12.0 Å². The van der Waals surface area contributed by atoms with E-state index in [2.05, 4.69) is 4.74 Å². The van der Waals surface area contributed by atoms with Crippen LogP contribution in [0.2, 0.25) is 0 Å². The van der Waals surface area contributed by atoms with E-state index >= 15 is 0 Å². The number of ether oxygens (including phenoxy) is 1. The van der Waals surface area contributed by atoms with Gasteiger partial charge in [-0.1, -0.05) is 0 Å². The molecule has 0 radical (unpaired) electrons.